The van der Waals surface area contributed by atoms with Gasteiger partial charge in [0.05, 0.1) is 0 Å². The van der Waals surface area contributed by atoms with Gasteiger partial charge >= 0.3 is 0 Å². The molecule has 0 atom stereocenters. The van der Waals surface area contributed by atoms with Crippen molar-refractivity contribution in [1.82, 2.24) is 10.2 Å². The molecule has 3 nitrogen and oxygen atoms in total. The van der Waals surface area contributed by atoms with Crippen molar-refractivity contribution in [1.29, 1.82) is 0 Å². The summed E-state index contributed by atoms with van der Waals surface area (Å²) in [6.07, 6.45) is 4.49. The van der Waals surface area contributed by atoms with E-state index in [9.17, 15) is 0 Å². The number of nitrogens with one attached hydrogen (secondary N) is 1. The molecule has 0 saturated carbocycles. The molecule has 0 amide bonds. The molecule has 0 bridgehead atoms. The highest BCUT2D eigenvalue weighted by molar-refractivity contribution is 5.33. The topological polar surface area (TPSA) is 24.5 Å². The summed E-state index contributed by atoms with van der Waals surface area (Å²) in [6.45, 7) is 9.82. The zero-order valence-electron chi connectivity index (χ0n) is 11.6. The van der Waals surface area contributed by atoms with E-state index in [0.717, 1.165) is 25.4 Å². The van der Waals surface area contributed by atoms with Crippen LogP contribution in [0.2, 0.25) is 0 Å². The second kappa shape index (κ2) is 7.97. The van der Waals surface area contributed by atoms with Crippen molar-refractivity contribution in [3.05, 3.63) is 42.5 Å². The van der Waals surface area contributed by atoms with Crippen molar-refractivity contribution in [2.24, 2.45) is 0 Å². The largest absolute Gasteiger partial charge is 0.489 e. The Balaban J connectivity index is 1.73. The van der Waals surface area contributed by atoms with Crippen LogP contribution < -0.4 is 10.1 Å². The fraction of sp³-hybridized carbons (Fsp3) is 0.500. The summed E-state index contributed by atoms with van der Waals surface area (Å²) in [5.74, 6) is 0.955. The molecule has 0 unspecified atom stereocenters. The molecule has 3 heteroatoms. The van der Waals surface area contributed by atoms with Crippen LogP contribution in [0.5, 0.6) is 5.75 Å². The normalized spacial score (nSPS) is 15.6. The number of nitrogens with zero attached hydrogens (tertiary/aromatic N) is 1. The van der Waals surface area contributed by atoms with Crippen molar-refractivity contribution in [2.45, 2.75) is 19.4 Å². The predicted molar refractivity (Wildman–Crippen MR) is 79.5 cm³/mol. The number of hydrogen-bond donors (Lipinski definition) is 1. The first kappa shape index (κ1) is 14.1. The summed E-state index contributed by atoms with van der Waals surface area (Å²) < 4.78 is 5.65. The third-order valence-corrected chi connectivity index (χ3v) is 3.45. The van der Waals surface area contributed by atoms with Gasteiger partial charge in [-0.1, -0.05) is 30.9 Å². The molecule has 0 aromatic heterocycles. The Hall–Kier alpha value is -1.32. The molecule has 1 fully saturated rings. The molecule has 1 N–H and O–H groups in total. The van der Waals surface area contributed by atoms with Gasteiger partial charge < -0.3 is 15.0 Å². The van der Waals surface area contributed by atoms with Crippen molar-refractivity contribution < 1.29 is 4.74 Å². The fourth-order valence-corrected chi connectivity index (χ4v) is 2.41. The average Bonchev–Trinajstić information content (AvgIpc) is 2.95. The van der Waals surface area contributed by atoms with Crippen LogP contribution in [0, 0.1) is 0 Å². The van der Waals surface area contributed by atoms with Gasteiger partial charge in [-0.15, -0.1) is 0 Å². The van der Waals surface area contributed by atoms with E-state index >= 15 is 0 Å². The molecule has 0 spiro atoms. The molecule has 1 aliphatic heterocycles. The number of likely N-dealkylation sites (tertiary alicyclic amines) is 1. The molecular weight excluding hydrogens is 236 g/mol. The summed E-state index contributed by atoms with van der Waals surface area (Å²) in [5, 5.41) is 3.50. The lowest BCUT2D eigenvalue weighted by Crippen LogP contribution is -2.29. The Kier molecular flexibility index (Phi) is 5.92. The van der Waals surface area contributed by atoms with Crippen molar-refractivity contribution in [3.63, 3.8) is 0 Å². The first-order valence-corrected chi connectivity index (χ1v) is 7.15. The molecule has 2 rings (SSSR count). The van der Waals surface area contributed by atoms with Gasteiger partial charge in [0.2, 0.25) is 0 Å². The SMILES string of the molecule is C=CCOc1ccccc1CNCCN1CCCC1. The lowest BCUT2D eigenvalue weighted by Gasteiger charge is -2.15. The maximum Gasteiger partial charge on any atom is 0.124 e. The standard InChI is InChI=1S/C16H24N2O/c1-2-13-19-16-8-4-3-7-15(16)14-17-9-12-18-10-5-6-11-18/h2-4,7-8,17H,1,5-6,9-14H2. The number of rotatable bonds is 8. The average molecular weight is 260 g/mol. The first-order chi connectivity index (χ1) is 9.40. The highest BCUT2D eigenvalue weighted by Gasteiger charge is 2.10. The highest BCUT2D eigenvalue weighted by Crippen LogP contribution is 2.17. The molecule has 1 aromatic carbocycles. The third-order valence-electron chi connectivity index (χ3n) is 3.45. The van der Waals surface area contributed by atoms with Crippen LogP contribution in [-0.4, -0.2) is 37.7 Å². The quantitative estimate of drug-likeness (QED) is 0.574. The van der Waals surface area contributed by atoms with Gasteiger partial charge in [0, 0.05) is 25.2 Å². The van der Waals surface area contributed by atoms with Crippen LogP contribution in [-0.2, 0) is 6.54 Å². The molecule has 0 aliphatic carbocycles. The Morgan fingerprint density at radius 3 is 2.84 bits per heavy atom. The minimum absolute atomic E-state index is 0.560. The first-order valence-electron chi connectivity index (χ1n) is 7.15. The molecule has 1 aliphatic rings. The lowest BCUT2D eigenvalue weighted by molar-refractivity contribution is 0.333. The Bertz CT molecular complexity index is 386. The smallest absolute Gasteiger partial charge is 0.124 e. The highest BCUT2D eigenvalue weighted by atomic mass is 16.5. The third kappa shape index (κ3) is 4.69. The van der Waals surface area contributed by atoms with E-state index in [4.69, 9.17) is 4.74 Å². The molecular formula is C16H24N2O. The van der Waals surface area contributed by atoms with Crippen molar-refractivity contribution in [3.8, 4) is 5.75 Å². The van der Waals surface area contributed by atoms with E-state index in [2.05, 4.69) is 28.9 Å². The Morgan fingerprint density at radius 1 is 1.26 bits per heavy atom. The van der Waals surface area contributed by atoms with E-state index in [1.165, 1.54) is 31.5 Å². The van der Waals surface area contributed by atoms with Gasteiger partial charge in [-0.3, -0.25) is 0 Å². The van der Waals surface area contributed by atoms with E-state index in [1.54, 1.807) is 6.08 Å². The van der Waals surface area contributed by atoms with Crippen molar-refractivity contribution >= 4 is 0 Å². The lowest BCUT2D eigenvalue weighted by atomic mass is 10.2. The maximum atomic E-state index is 5.65. The van der Waals surface area contributed by atoms with Crippen molar-refractivity contribution in [2.75, 3.05) is 32.8 Å². The van der Waals surface area contributed by atoms with Gasteiger partial charge in [-0.25, -0.2) is 0 Å². The van der Waals surface area contributed by atoms with E-state index in [0.29, 0.717) is 6.61 Å². The number of benzene rings is 1. The number of ether oxygens (including phenoxy) is 1. The summed E-state index contributed by atoms with van der Waals surface area (Å²) in [5.41, 5.74) is 1.21. The van der Waals surface area contributed by atoms with Gasteiger partial charge in [-0.2, -0.15) is 0 Å². The molecule has 1 saturated heterocycles. The fourth-order valence-electron chi connectivity index (χ4n) is 2.41. The van der Waals surface area contributed by atoms with E-state index < -0.39 is 0 Å². The molecule has 0 radical (unpaired) electrons. The Labute approximate surface area is 116 Å². The zero-order valence-corrected chi connectivity index (χ0v) is 11.6. The van der Waals surface area contributed by atoms with Crippen LogP contribution in [0.25, 0.3) is 0 Å². The summed E-state index contributed by atoms with van der Waals surface area (Å²) in [7, 11) is 0. The molecule has 1 heterocycles. The predicted octanol–water partition coefficient (Wildman–Crippen LogP) is 2.44. The van der Waals surface area contributed by atoms with Crippen LogP contribution >= 0.6 is 0 Å². The minimum atomic E-state index is 0.560. The Morgan fingerprint density at radius 2 is 2.05 bits per heavy atom. The summed E-state index contributed by atoms with van der Waals surface area (Å²) >= 11 is 0. The van der Waals surface area contributed by atoms with Crippen LogP contribution in [0.1, 0.15) is 18.4 Å². The van der Waals surface area contributed by atoms with Gasteiger partial charge in [0.25, 0.3) is 0 Å². The second-order valence-electron chi connectivity index (χ2n) is 4.93. The van der Waals surface area contributed by atoms with Gasteiger partial charge in [-0.05, 0) is 32.0 Å². The molecule has 1 aromatic rings. The van der Waals surface area contributed by atoms with E-state index in [1.807, 2.05) is 12.1 Å². The monoisotopic (exact) mass is 260 g/mol. The number of hydrogen-bond acceptors (Lipinski definition) is 3. The molecule has 19 heavy (non-hydrogen) atoms. The zero-order chi connectivity index (χ0) is 13.3. The molecule has 104 valence electrons. The second-order valence-corrected chi connectivity index (χ2v) is 4.93. The number of para-hydroxylation sites is 1. The summed E-state index contributed by atoms with van der Waals surface area (Å²) in [4.78, 5) is 2.52. The van der Waals surface area contributed by atoms with Crippen LogP contribution in [0.4, 0.5) is 0 Å². The van der Waals surface area contributed by atoms with Gasteiger partial charge in [0.1, 0.15) is 12.4 Å². The van der Waals surface area contributed by atoms with Gasteiger partial charge in [0.15, 0.2) is 0 Å². The summed E-state index contributed by atoms with van der Waals surface area (Å²) in [6, 6.07) is 8.19. The minimum Gasteiger partial charge on any atom is -0.489 e. The van der Waals surface area contributed by atoms with Crippen LogP contribution in [0.15, 0.2) is 36.9 Å². The maximum absolute atomic E-state index is 5.65. The van der Waals surface area contributed by atoms with Crippen LogP contribution in [0.3, 0.4) is 0 Å². The van der Waals surface area contributed by atoms with E-state index in [-0.39, 0.29) is 0 Å².